The molecular formula is C62H122O8. The van der Waals surface area contributed by atoms with E-state index in [4.69, 9.17) is 9.47 Å². The van der Waals surface area contributed by atoms with Crippen LogP contribution in [0.1, 0.15) is 348 Å². The average molecular weight is 996 g/mol. The first-order valence-electron chi connectivity index (χ1n) is 31.4. The molecule has 0 aliphatic heterocycles. The van der Waals surface area contributed by atoms with Gasteiger partial charge in [-0.05, 0) is 12.8 Å². The second-order valence-corrected chi connectivity index (χ2v) is 21.9. The maximum Gasteiger partial charge on any atom is 0.306 e. The van der Waals surface area contributed by atoms with Crippen LogP contribution in [-0.2, 0) is 19.1 Å². The number of hydrogen-bond acceptors (Lipinski definition) is 8. The predicted octanol–water partition coefficient (Wildman–Crippen LogP) is 17.8. The quantitative estimate of drug-likeness (QED) is 0.0350. The van der Waals surface area contributed by atoms with Gasteiger partial charge in [0.15, 0.2) is 6.10 Å². The van der Waals surface area contributed by atoms with E-state index in [-0.39, 0.29) is 12.8 Å². The number of ether oxygens (including phenoxy) is 2. The molecule has 4 N–H and O–H groups in total. The Kier molecular flexibility index (Phi) is 56.1. The van der Waals surface area contributed by atoms with Gasteiger partial charge in [0, 0.05) is 12.8 Å². The lowest BCUT2D eigenvalue weighted by Gasteiger charge is -2.28. The van der Waals surface area contributed by atoms with E-state index in [0.29, 0.717) is 12.8 Å². The van der Waals surface area contributed by atoms with Gasteiger partial charge < -0.3 is 29.9 Å². The molecule has 0 aromatic rings. The van der Waals surface area contributed by atoms with E-state index in [1.807, 2.05) is 0 Å². The number of aliphatic hydroxyl groups excluding tert-OH is 4. The Labute approximate surface area is 435 Å². The molecule has 0 saturated carbocycles. The topological polar surface area (TPSA) is 134 Å². The van der Waals surface area contributed by atoms with Gasteiger partial charge in [-0.1, -0.05) is 322 Å². The summed E-state index contributed by atoms with van der Waals surface area (Å²) in [6, 6.07) is 0. The Balaban J connectivity index is 3.83. The summed E-state index contributed by atoms with van der Waals surface area (Å²) in [5.74, 6) is -0.986. The molecule has 0 saturated heterocycles. The third-order valence-electron chi connectivity index (χ3n) is 15.0. The molecular weight excluding hydrogens is 873 g/mol. The zero-order valence-corrected chi connectivity index (χ0v) is 46.9. The van der Waals surface area contributed by atoms with Crippen LogP contribution in [0.2, 0.25) is 0 Å². The second kappa shape index (κ2) is 57.1. The summed E-state index contributed by atoms with van der Waals surface area (Å²) in [6.45, 7) is 3.39. The smallest absolute Gasteiger partial charge is 0.306 e. The van der Waals surface area contributed by atoms with Gasteiger partial charge in [-0.2, -0.15) is 0 Å². The molecule has 0 bridgehead atoms. The summed E-state index contributed by atoms with van der Waals surface area (Å²) in [4.78, 5) is 25.3. The monoisotopic (exact) mass is 995 g/mol. The normalized spacial score (nSPS) is 13.4. The number of carbonyl (C=O) groups is 2. The predicted molar refractivity (Wildman–Crippen MR) is 297 cm³/mol. The van der Waals surface area contributed by atoms with E-state index in [1.54, 1.807) is 0 Å². The van der Waals surface area contributed by atoms with Crippen molar-refractivity contribution < 1.29 is 39.5 Å². The van der Waals surface area contributed by atoms with Crippen LogP contribution in [0.4, 0.5) is 0 Å². The molecule has 0 spiro atoms. The molecule has 0 aliphatic carbocycles. The molecule has 0 radical (unpaired) electrons. The maximum atomic E-state index is 12.7. The summed E-state index contributed by atoms with van der Waals surface area (Å²) in [5.41, 5.74) is 0. The average Bonchev–Trinajstić information content (AvgIpc) is 3.36. The first kappa shape index (κ1) is 68.8. The highest BCUT2D eigenvalue weighted by Crippen LogP contribution is 2.19. The highest BCUT2D eigenvalue weighted by Gasteiger charge is 2.34. The molecule has 418 valence electrons. The van der Waals surface area contributed by atoms with Crippen LogP contribution >= 0.6 is 0 Å². The molecule has 0 unspecified atom stereocenters. The Bertz CT molecular complexity index is 1040. The molecule has 4 atom stereocenters. The minimum atomic E-state index is -1.76. The molecule has 70 heavy (non-hydrogen) atoms. The number of rotatable bonds is 59. The van der Waals surface area contributed by atoms with E-state index >= 15 is 0 Å². The van der Waals surface area contributed by atoms with Crippen molar-refractivity contribution in [2.24, 2.45) is 0 Å². The van der Waals surface area contributed by atoms with Crippen LogP contribution in [0.3, 0.4) is 0 Å². The Morgan fingerprint density at radius 1 is 0.314 bits per heavy atom. The van der Waals surface area contributed by atoms with E-state index in [0.717, 1.165) is 32.1 Å². The number of aliphatic hydroxyl groups is 4. The fraction of sp³-hybridized carbons (Fsp3) is 0.968. The number of esters is 2. The van der Waals surface area contributed by atoms with Gasteiger partial charge in [0.1, 0.15) is 24.9 Å². The fourth-order valence-electron chi connectivity index (χ4n) is 10.0. The van der Waals surface area contributed by atoms with Crippen LogP contribution in [-0.4, -0.2) is 70.0 Å². The van der Waals surface area contributed by atoms with Crippen molar-refractivity contribution in [2.45, 2.75) is 372 Å². The van der Waals surface area contributed by atoms with Crippen molar-refractivity contribution in [3.05, 3.63) is 0 Å². The highest BCUT2D eigenvalue weighted by molar-refractivity contribution is 5.70. The van der Waals surface area contributed by atoms with Crippen molar-refractivity contribution in [3.8, 4) is 0 Å². The molecule has 0 amide bonds. The van der Waals surface area contributed by atoms with Crippen LogP contribution in [0.5, 0.6) is 0 Å². The zero-order chi connectivity index (χ0) is 51.1. The van der Waals surface area contributed by atoms with Crippen LogP contribution in [0.25, 0.3) is 0 Å². The Hall–Kier alpha value is -1.22. The molecule has 0 aliphatic rings. The number of carbonyl (C=O) groups excluding carboxylic acids is 2. The third kappa shape index (κ3) is 50.3. The lowest BCUT2D eigenvalue weighted by molar-refractivity contribution is -0.178. The Morgan fingerprint density at radius 2 is 0.529 bits per heavy atom. The lowest BCUT2D eigenvalue weighted by Crippen LogP contribution is -2.49. The largest absolute Gasteiger partial charge is 0.462 e. The maximum absolute atomic E-state index is 12.7. The molecule has 8 nitrogen and oxygen atoms in total. The van der Waals surface area contributed by atoms with E-state index < -0.39 is 49.6 Å². The third-order valence-corrected chi connectivity index (χ3v) is 15.0. The van der Waals surface area contributed by atoms with Crippen LogP contribution in [0.15, 0.2) is 0 Å². The van der Waals surface area contributed by atoms with Gasteiger partial charge in [-0.15, -0.1) is 0 Å². The number of hydrogen-bond donors (Lipinski definition) is 4. The zero-order valence-electron chi connectivity index (χ0n) is 46.9. The minimum absolute atomic E-state index is 0.161. The highest BCUT2D eigenvalue weighted by atomic mass is 16.6. The Morgan fingerprint density at radius 3 is 0.757 bits per heavy atom. The van der Waals surface area contributed by atoms with Gasteiger partial charge in [0.05, 0.1) is 6.61 Å². The summed E-state index contributed by atoms with van der Waals surface area (Å²) in [6.07, 6.45) is 59.9. The van der Waals surface area contributed by atoms with Gasteiger partial charge in [0.2, 0.25) is 0 Å². The molecule has 0 aromatic carbocycles. The summed E-state index contributed by atoms with van der Waals surface area (Å²) < 4.78 is 10.8. The van der Waals surface area contributed by atoms with Crippen molar-refractivity contribution in [3.63, 3.8) is 0 Å². The van der Waals surface area contributed by atoms with Gasteiger partial charge in [-0.25, -0.2) is 0 Å². The summed E-state index contributed by atoms with van der Waals surface area (Å²) in [7, 11) is 0. The SMILES string of the molecule is CCCCCCCCCCCCCCCCCCCCCCCCCCCC(=O)OC[C@H](OC(=O)CCCCCCCCCCCCCCCCCCCCCCCCCCC)[C@@H](O)[C@H](O)[C@H](O)CO. The summed E-state index contributed by atoms with van der Waals surface area (Å²) >= 11 is 0. The van der Waals surface area contributed by atoms with E-state index in [9.17, 15) is 30.0 Å². The summed E-state index contributed by atoms with van der Waals surface area (Å²) in [5, 5.41) is 40.2. The molecule has 0 rings (SSSR count). The van der Waals surface area contributed by atoms with Gasteiger partial charge in [0.25, 0.3) is 0 Å². The molecule has 0 aromatic heterocycles. The number of unbranched alkanes of at least 4 members (excludes halogenated alkanes) is 48. The van der Waals surface area contributed by atoms with Gasteiger partial charge in [-0.3, -0.25) is 9.59 Å². The standard InChI is InChI=1S/C62H122O8/c1-3-5-7-9-11-13-15-17-19-21-23-25-27-29-31-33-35-37-39-41-43-45-47-49-51-53-59(65)69-56-58(62(68)61(67)57(64)55-63)70-60(66)54-52-50-48-46-44-42-40-38-36-34-32-30-28-26-24-22-20-18-16-14-12-10-8-6-4-2/h57-58,61-64,67-68H,3-56H2,1-2H3/t57-,58+,61-,62-/m1/s1. The van der Waals surface area contributed by atoms with Crippen LogP contribution in [0, 0.1) is 0 Å². The first-order valence-corrected chi connectivity index (χ1v) is 31.4. The minimum Gasteiger partial charge on any atom is -0.462 e. The fourth-order valence-corrected chi connectivity index (χ4v) is 10.0. The molecule has 8 heteroatoms. The van der Waals surface area contributed by atoms with E-state index in [1.165, 1.54) is 276 Å². The van der Waals surface area contributed by atoms with Crippen molar-refractivity contribution in [2.75, 3.05) is 13.2 Å². The van der Waals surface area contributed by atoms with Crippen molar-refractivity contribution in [1.82, 2.24) is 0 Å². The van der Waals surface area contributed by atoms with E-state index in [2.05, 4.69) is 13.8 Å². The molecule has 0 fully saturated rings. The van der Waals surface area contributed by atoms with Crippen molar-refractivity contribution in [1.29, 1.82) is 0 Å². The van der Waals surface area contributed by atoms with Crippen molar-refractivity contribution >= 4 is 11.9 Å². The van der Waals surface area contributed by atoms with Crippen LogP contribution < -0.4 is 0 Å². The second-order valence-electron chi connectivity index (χ2n) is 21.9. The van der Waals surface area contributed by atoms with Gasteiger partial charge >= 0.3 is 11.9 Å². The molecule has 0 heterocycles. The lowest BCUT2D eigenvalue weighted by atomic mass is 10.0. The first-order chi connectivity index (χ1) is 34.4.